The number of fused-ring (bicyclic) bond motifs is 5. The number of Topliss-reactive ketones (excluding diaryl/α,β-unsaturated/α-hetero) is 1. The largest absolute Gasteiger partial charge is 0.456 e. The predicted octanol–water partition coefficient (Wildman–Crippen LogP) is 2.59. The van der Waals surface area contributed by atoms with Crippen LogP contribution in [0.3, 0.4) is 0 Å². The molecular weight excluding hydrogens is 414 g/mol. The minimum atomic E-state index is -1.01. The Kier molecular flexibility index (Phi) is 4.66. The number of esters is 1. The van der Waals surface area contributed by atoms with Crippen molar-refractivity contribution < 1.29 is 23.9 Å². The van der Waals surface area contributed by atoms with E-state index in [-0.39, 0.29) is 41.3 Å². The van der Waals surface area contributed by atoms with Gasteiger partial charge in [0.2, 0.25) is 11.8 Å². The summed E-state index contributed by atoms with van der Waals surface area (Å²) in [7, 11) is 0. The molecule has 3 fully saturated rings. The fraction of sp³-hybridized carbons (Fsp3) is 0.500. The highest BCUT2D eigenvalue weighted by Gasteiger charge is 2.62. The molecule has 1 heterocycles. The zero-order valence-corrected chi connectivity index (χ0v) is 16.5. The van der Waals surface area contributed by atoms with E-state index in [1.165, 1.54) is 6.92 Å². The average molecular weight is 434 g/mol. The van der Waals surface area contributed by atoms with Crippen LogP contribution in [-0.2, 0) is 19.1 Å². The molecule has 2 amide bonds. The van der Waals surface area contributed by atoms with Crippen LogP contribution in [0.2, 0.25) is 0 Å². The molecule has 7 heteroatoms. The van der Waals surface area contributed by atoms with Crippen LogP contribution < -0.4 is 0 Å². The topological polar surface area (TPSA) is 80.8 Å². The van der Waals surface area contributed by atoms with Gasteiger partial charge in [0.15, 0.2) is 12.4 Å². The predicted molar refractivity (Wildman–Crippen MR) is 98.6 cm³/mol. The molecule has 6 nitrogen and oxygen atoms in total. The average Bonchev–Trinajstić information content (AvgIpc) is 3.33. The van der Waals surface area contributed by atoms with Crippen LogP contribution >= 0.6 is 15.9 Å². The number of ether oxygens (including phenoxy) is 1. The van der Waals surface area contributed by atoms with Crippen LogP contribution in [0.25, 0.3) is 0 Å². The molecule has 2 aliphatic carbocycles. The van der Waals surface area contributed by atoms with Crippen molar-refractivity contribution >= 4 is 39.5 Å². The summed E-state index contributed by atoms with van der Waals surface area (Å²) in [5, 5.41) is 0. The summed E-state index contributed by atoms with van der Waals surface area (Å²) in [6.07, 6.45) is 2.92. The van der Waals surface area contributed by atoms with E-state index < -0.39 is 18.6 Å². The molecule has 2 bridgehead atoms. The van der Waals surface area contributed by atoms with E-state index in [2.05, 4.69) is 15.9 Å². The molecule has 4 rings (SSSR count). The number of imide groups is 1. The van der Waals surface area contributed by atoms with Crippen molar-refractivity contribution in [2.24, 2.45) is 23.7 Å². The third kappa shape index (κ3) is 3.02. The molecule has 2 saturated carbocycles. The highest BCUT2D eigenvalue weighted by molar-refractivity contribution is 9.10. The maximum atomic E-state index is 12.8. The standard InChI is InChI=1S/C20H20BrNO5/c1-10(20(26)27-9-15(23)11-4-6-14(21)7-5-11)22-18(24)16-12-2-3-13(8-12)17(16)19(22)25/h4-7,10,12-13,16-17H,2-3,8-9H2,1H3/t10-,12-,13-,16-,17+/m0/s1. The van der Waals surface area contributed by atoms with Gasteiger partial charge in [0, 0.05) is 10.0 Å². The quantitative estimate of drug-likeness (QED) is 0.404. The van der Waals surface area contributed by atoms with Crippen molar-refractivity contribution in [3.05, 3.63) is 34.3 Å². The molecule has 1 saturated heterocycles. The molecule has 142 valence electrons. The Hall–Kier alpha value is -2.02. The van der Waals surface area contributed by atoms with E-state index in [9.17, 15) is 19.2 Å². The molecule has 5 atom stereocenters. The monoisotopic (exact) mass is 433 g/mol. The molecule has 0 spiro atoms. The lowest BCUT2D eigenvalue weighted by Gasteiger charge is -2.22. The van der Waals surface area contributed by atoms with Gasteiger partial charge < -0.3 is 4.74 Å². The number of likely N-dealkylation sites (tertiary alicyclic amines) is 1. The lowest BCUT2D eigenvalue weighted by molar-refractivity contribution is -0.157. The molecule has 3 aliphatic rings. The van der Waals surface area contributed by atoms with Gasteiger partial charge in [-0.15, -0.1) is 0 Å². The van der Waals surface area contributed by atoms with Gasteiger partial charge >= 0.3 is 5.97 Å². The molecule has 27 heavy (non-hydrogen) atoms. The van der Waals surface area contributed by atoms with Crippen LogP contribution in [-0.4, -0.2) is 41.1 Å². The highest BCUT2D eigenvalue weighted by Crippen LogP contribution is 2.56. The minimum Gasteiger partial charge on any atom is -0.456 e. The first-order valence-electron chi connectivity index (χ1n) is 9.20. The Labute approximate surface area is 165 Å². The number of rotatable bonds is 5. The Morgan fingerprint density at radius 3 is 2.22 bits per heavy atom. The number of carbonyl (C=O) groups excluding carboxylic acids is 4. The SMILES string of the molecule is C[C@@H](C(=O)OCC(=O)c1ccc(Br)cc1)N1C(=O)[C@@H]2[C@H]3CC[C@@H](C3)[C@@H]2C1=O. The van der Waals surface area contributed by atoms with Crippen molar-refractivity contribution in [1.82, 2.24) is 4.90 Å². The van der Waals surface area contributed by atoms with E-state index in [1.54, 1.807) is 24.3 Å². The second-order valence-electron chi connectivity index (χ2n) is 7.65. The maximum absolute atomic E-state index is 12.8. The van der Waals surface area contributed by atoms with E-state index in [0.29, 0.717) is 5.56 Å². The van der Waals surface area contributed by atoms with Gasteiger partial charge in [-0.1, -0.05) is 28.1 Å². The first-order valence-corrected chi connectivity index (χ1v) is 10.00. The highest BCUT2D eigenvalue weighted by atomic mass is 79.9. The van der Waals surface area contributed by atoms with Crippen molar-refractivity contribution in [1.29, 1.82) is 0 Å². The van der Waals surface area contributed by atoms with Gasteiger partial charge in [-0.3, -0.25) is 19.3 Å². The van der Waals surface area contributed by atoms with Crippen LogP contribution in [0.4, 0.5) is 0 Å². The zero-order chi connectivity index (χ0) is 19.3. The van der Waals surface area contributed by atoms with Crippen molar-refractivity contribution in [3.63, 3.8) is 0 Å². The molecule has 1 aliphatic heterocycles. The lowest BCUT2D eigenvalue weighted by atomic mass is 9.81. The maximum Gasteiger partial charge on any atom is 0.329 e. The fourth-order valence-corrected chi connectivity index (χ4v) is 5.16. The summed E-state index contributed by atoms with van der Waals surface area (Å²) in [5.74, 6) is -1.56. The Morgan fingerprint density at radius 2 is 1.67 bits per heavy atom. The Balaban J connectivity index is 1.39. The van der Waals surface area contributed by atoms with E-state index in [0.717, 1.165) is 28.6 Å². The van der Waals surface area contributed by atoms with Crippen molar-refractivity contribution in [2.45, 2.75) is 32.2 Å². The second-order valence-corrected chi connectivity index (χ2v) is 8.56. The fourth-order valence-electron chi connectivity index (χ4n) is 4.90. The van der Waals surface area contributed by atoms with Gasteiger partial charge in [-0.05, 0) is 50.2 Å². The molecular formula is C20H20BrNO5. The van der Waals surface area contributed by atoms with Crippen LogP contribution in [0.5, 0.6) is 0 Å². The molecule has 0 aromatic heterocycles. The van der Waals surface area contributed by atoms with Crippen molar-refractivity contribution in [2.75, 3.05) is 6.61 Å². The number of carbonyl (C=O) groups is 4. The molecule has 1 aromatic carbocycles. The second kappa shape index (κ2) is 6.86. The number of ketones is 1. The van der Waals surface area contributed by atoms with Crippen LogP contribution in [0.15, 0.2) is 28.7 Å². The summed E-state index contributed by atoms with van der Waals surface area (Å²) in [5.41, 5.74) is 0.429. The molecule has 0 radical (unpaired) electrons. The summed E-state index contributed by atoms with van der Waals surface area (Å²) in [6.45, 7) is 1.07. The van der Waals surface area contributed by atoms with E-state index in [4.69, 9.17) is 4.74 Å². The number of amides is 2. The Bertz CT molecular complexity index is 792. The van der Waals surface area contributed by atoms with Gasteiger partial charge in [0.05, 0.1) is 11.8 Å². The van der Waals surface area contributed by atoms with Crippen LogP contribution in [0, 0.1) is 23.7 Å². The number of nitrogens with zero attached hydrogens (tertiary/aromatic N) is 1. The minimum absolute atomic E-state index is 0.249. The van der Waals surface area contributed by atoms with Crippen molar-refractivity contribution in [3.8, 4) is 0 Å². The summed E-state index contributed by atoms with van der Waals surface area (Å²) in [4.78, 5) is 51.1. The summed E-state index contributed by atoms with van der Waals surface area (Å²) < 4.78 is 5.95. The molecule has 0 N–H and O–H groups in total. The number of hydrogen-bond donors (Lipinski definition) is 0. The smallest absolute Gasteiger partial charge is 0.329 e. The summed E-state index contributed by atoms with van der Waals surface area (Å²) >= 11 is 3.29. The molecule has 0 unspecified atom stereocenters. The van der Waals surface area contributed by atoms with Gasteiger partial charge in [-0.25, -0.2) is 4.79 Å². The zero-order valence-electron chi connectivity index (χ0n) is 14.9. The lowest BCUT2D eigenvalue weighted by Crippen LogP contribution is -2.45. The number of halogens is 1. The number of benzene rings is 1. The van der Waals surface area contributed by atoms with Gasteiger partial charge in [0.1, 0.15) is 6.04 Å². The number of hydrogen-bond acceptors (Lipinski definition) is 5. The normalized spacial score (nSPS) is 29.8. The third-order valence-electron chi connectivity index (χ3n) is 6.20. The first-order chi connectivity index (χ1) is 12.9. The van der Waals surface area contributed by atoms with E-state index in [1.807, 2.05) is 0 Å². The van der Waals surface area contributed by atoms with Gasteiger partial charge in [-0.2, -0.15) is 0 Å². The summed E-state index contributed by atoms with van der Waals surface area (Å²) in [6, 6.07) is 5.72. The van der Waals surface area contributed by atoms with E-state index >= 15 is 0 Å². The first kappa shape index (κ1) is 18.3. The van der Waals surface area contributed by atoms with Gasteiger partial charge in [0.25, 0.3) is 0 Å². The molecule has 1 aromatic rings. The van der Waals surface area contributed by atoms with Crippen LogP contribution in [0.1, 0.15) is 36.5 Å². The third-order valence-corrected chi connectivity index (χ3v) is 6.73. The Morgan fingerprint density at radius 1 is 1.11 bits per heavy atom.